The third-order valence-electron chi connectivity index (χ3n) is 5.45. The van der Waals surface area contributed by atoms with E-state index in [1.54, 1.807) is 30.3 Å². The van der Waals surface area contributed by atoms with E-state index in [0.717, 1.165) is 16.3 Å². The molecule has 1 fully saturated rings. The first kappa shape index (κ1) is 23.8. The Morgan fingerprint density at radius 2 is 2.00 bits per heavy atom. The van der Waals surface area contributed by atoms with Crippen LogP contribution in [0.15, 0.2) is 52.1 Å². The lowest BCUT2D eigenvalue weighted by Crippen LogP contribution is -2.46. The summed E-state index contributed by atoms with van der Waals surface area (Å²) in [5, 5.41) is 29.9. The maximum absolute atomic E-state index is 13.2. The number of anilines is 1. The molecule has 0 aliphatic carbocycles. The van der Waals surface area contributed by atoms with Gasteiger partial charge in [-0.2, -0.15) is 0 Å². The molecule has 1 unspecified atom stereocenters. The van der Waals surface area contributed by atoms with Crippen LogP contribution in [0.5, 0.6) is 0 Å². The van der Waals surface area contributed by atoms with Crippen LogP contribution in [0.25, 0.3) is 0 Å². The van der Waals surface area contributed by atoms with Crippen LogP contribution in [0.4, 0.5) is 5.13 Å². The Kier molecular flexibility index (Phi) is 6.48. The van der Waals surface area contributed by atoms with Gasteiger partial charge in [0.1, 0.15) is 30.5 Å². The Labute approximate surface area is 202 Å². The number of nitrogen functional groups attached to an aromatic ring is 1. The number of hydrazine groups is 1. The molecule has 0 bridgehead atoms. The van der Waals surface area contributed by atoms with Crippen molar-refractivity contribution in [3.63, 3.8) is 0 Å². The highest BCUT2D eigenvalue weighted by Crippen LogP contribution is 2.37. The summed E-state index contributed by atoms with van der Waals surface area (Å²) in [4.78, 5) is 58.9. The number of carboxylic acids is 2. The normalized spacial score (nSPS) is 19.0. The molecule has 182 valence electrons. The molecule has 0 saturated carbocycles. The second-order valence-corrected chi connectivity index (χ2v) is 8.47. The SMILES string of the molecule is CO/N=C(\C(=O)N[C@H]1CN2CC(C(C(=O)O)c3ccccc3)=C(C(=O)O)N2C1=O)c1csc(N)n1. The van der Waals surface area contributed by atoms with Crippen molar-refractivity contribution in [2.75, 3.05) is 25.9 Å². The maximum Gasteiger partial charge on any atom is 0.354 e. The average Bonchev–Trinajstić information content (AvgIpc) is 3.48. The zero-order valence-corrected chi connectivity index (χ0v) is 19.1. The van der Waals surface area contributed by atoms with Crippen molar-refractivity contribution in [1.29, 1.82) is 0 Å². The molecule has 5 N–H and O–H groups in total. The second kappa shape index (κ2) is 9.52. The number of aromatic nitrogens is 1. The van der Waals surface area contributed by atoms with Crippen molar-refractivity contribution in [2.45, 2.75) is 12.0 Å². The van der Waals surface area contributed by atoms with Crippen LogP contribution in [-0.2, 0) is 24.0 Å². The van der Waals surface area contributed by atoms with E-state index < -0.39 is 41.4 Å². The molecule has 2 aliphatic heterocycles. The number of thiazole rings is 1. The van der Waals surface area contributed by atoms with Gasteiger partial charge < -0.3 is 26.1 Å². The molecular formula is C21H20N6O7S. The van der Waals surface area contributed by atoms with Crippen LogP contribution >= 0.6 is 11.3 Å². The number of hydrogen-bond acceptors (Lipinski definition) is 10. The molecule has 13 nitrogen and oxygen atoms in total. The molecule has 1 aromatic heterocycles. The maximum atomic E-state index is 13.2. The fourth-order valence-electron chi connectivity index (χ4n) is 4.07. The van der Waals surface area contributed by atoms with Gasteiger partial charge in [0, 0.05) is 18.5 Å². The van der Waals surface area contributed by atoms with Gasteiger partial charge in [-0.05, 0) is 11.1 Å². The number of carboxylic acid groups (broad SMARTS) is 2. The Bertz CT molecular complexity index is 1260. The van der Waals surface area contributed by atoms with E-state index in [1.807, 2.05) is 0 Å². The first-order chi connectivity index (χ1) is 16.7. The van der Waals surface area contributed by atoms with E-state index in [0.29, 0.717) is 5.56 Å². The molecule has 35 heavy (non-hydrogen) atoms. The number of benzene rings is 1. The highest BCUT2D eigenvalue weighted by atomic mass is 32.1. The molecule has 3 heterocycles. The van der Waals surface area contributed by atoms with Gasteiger partial charge in [-0.15, -0.1) is 11.3 Å². The number of fused-ring (bicyclic) bond motifs is 1. The molecule has 0 spiro atoms. The molecule has 14 heteroatoms. The number of carbonyl (C=O) groups excluding carboxylic acids is 2. The monoisotopic (exact) mass is 500 g/mol. The minimum atomic E-state index is -1.45. The molecule has 2 aliphatic rings. The zero-order chi connectivity index (χ0) is 25.3. The molecule has 2 aromatic rings. The summed E-state index contributed by atoms with van der Waals surface area (Å²) in [6.07, 6.45) is 0. The number of hydrogen-bond donors (Lipinski definition) is 4. The highest BCUT2D eigenvalue weighted by molar-refractivity contribution is 7.13. The third kappa shape index (κ3) is 4.43. The summed E-state index contributed by atoms with van der Waals surface area (Å²) in [6, 6.07) is 7.05. The fraction of sp³-hybridized carbons (Fsp3) is 0.238. The van der Waals surface area contributed by atoms with Crippen molar-refractivity contribution in [2.24, 2.45) is 5.16 Å². The minimum absolute atomic E-state index is 0.0638. The average molecular weight is 500 g/mol. The molecule has 1 saturated heterocycles. The van der Waals surface area contributed by atoms with Crippen LogP contribution in [0.3, 0.4) is 0 Å². The van der Waals surface area contributed by atoms with E-state index >= 15 is 0 Å². The van der Waals surface area contributed by atoms with Gasteiger partial charge in [0.05, 0.1) is 0 Å². The second-order valence-electron chi connectivity index (χ2n) is 7.58. The van der Waals surface area contributed by atoms with Crippen LogP contribution in [0.2, 0.25) is 0 Å². The van der Waals surface area contributed by atoms with Gasteiger partial charge in [0.25, 0.3) is 11.8 Å². The first-order valence-corrected chi connectivity index (χ1v) is 11.1. The molecule has 1 aromatic carbocycles. The summed E-state index contributed by atoms with van der Waals surface area (Å²) in [5.74, 6) is -5.45. The lowest BCUT2D eigenvalue weighted by molar-refractivity contribution is -0.143. The smallest absolute Gasteiger partial charge is 0.354 e. The van der Waals surface area contributed by atoms with Crippen LogP contribution < -0.4 is 11.1 Å². The van der Waals surface area contributed by atoms with Gasteiger partial charge in [0.15, 0.2) is 10.8 Å². The van der Waals surface area contributed by atoms with Crippen molar-refractivity contribution < 1.29 is 34.2 Å². The number of aliphatic carboxylic acids is 2. The van der Waals surface area contributed by atoms with Crippen molar-refractivity contribution in [3.8, 4) is 0 Å². The largest absolute Gasteiger partial charge is 0.481 e. The molecule has 2 amide bonds. The summed E-state index contributed by atoms with van der Waals surface area (Å²) >= 11 is 1.09. The first-order valence-electron chi connectivity index (χ1n) is 10.2. The number of amides is 2. The van der Waals surface area contributed by atoms with E-state index in [4.69, 9.17) is 10.6 Å². The van der Waals surface area contributed by atoms with Crippen LogP contribution in [0, 0.1) is 0 Å². The van der Waals surface area contributed by atoms with Gasteiger partial charge in [-0.1, -0.05) is 35.5 Å². The summed E-state index contributed by atoms with van der Waals surface area (Å²) < 4.78 is 0. The van der Waals surface area contributed by atoms with Gasteiger partial charge in [-0.25, -0.2) is 19.8 Å². The van der Waals surface area contributed by atoms with E-state index in [2.05, 4.69) is 15.5 Å². The predicted octanol–water partition coefficient (Wildman–Crippen LogP) is -0.159. The van der Waals surface area contributed by atoms with Crippen molar-refractivity contribution in [3.05, 3.63) is 58.2 Å². The number of nitrogens with one attached hydrogen (secondary N) is 1. The van der Waals surface area contributed by atoms with Gasteiger partial charge in [-0.3, -0.25) is 14.4 Å². The van der Waals surface area contributed by atoms with Crippen LogP contribution in [-0.4, -0.2) is 80.9 Å². The highest BCUT2D eigenvalue weighted by Gasteiger charge is 2.50. The third-order valence-corrected chi connectivity index (χ3v) is 6.12. The fourth-order valence-corrected chi connectivity index (χ4v) is 4.62. The minimum Gasteiger partial charge on any atom is -0.481 e. The number of nitrogens with two attached hydrogens (primary N) is 1. The van der Waals surface area contributed by atoms with E-state index in [1.165, 1.54) is 17.5 Å². The van der Waals surface area contributed by atoms with Crippen molar-refractivity contribution in [1.82, 2.24) is 20.3 Å². The number of oxime groups is 1. The topological polar surface area (TPSA) is 188 Å². The molecule has 2 atom stereocenters. The van der Waals surface area contributed by atoms with E-state index in [-0.39, 0.29) is 35.2 Å². The summed E-state index contributed by atoms with van der Waals surface area (Å²) in [7, 11) is 1.24. The lowest BCUT2D eigenvalue weighted by Gasteiger charge is -2.19. The van der Waals surface area contributed by atoms with Gasteiger partial charge >= 0.3 is 11.9 Å². The quantitative estimate of drug-likeness (QED) is 0.280. The van der Waals surface area contributed by atoms with Crippen LogP contribution in [0.1, 0.15) is 17.2 Å². The molecule has 4 rings (SSSR count). The number of nitrogens with zero attached hydrogens (tertiary/aromatic N) is 4. The van der Waals surface area contributed by atoms with Crippen molar-refractivity contribution >= 4 is 45.9 Å². The lowest BCUT2D eigenvalue weighted by atomic mass is 9.89. The predicted molar refractivity (Wildman–Crippen MR) is 122 cm³/mol. The summed E-state index contributed by atoms with van der Waals surface area (Å²) in [5.41, 5.74) is 5.56. The summed E-state index contributed by atoms with van der Waals surface area (Å²) in [6.45, 7) is -0.196. The Hall–Kier alpha value is -4.30. The number of carbonyl (C=O) groups is 4. The van der Waals surface area contributed by atoms with Gasteiger partial charge in [0.2, 0.25) is 0 Å². The number of rotatable bonds is 8. The standard InChI is InChI=1S/C21H20N6O7S/c1-34-25-15(13-9-35-21(22)24-13)17(28)23-12-8-26-7-11(16(20(32)33)27(26)18(12)29)14(19(30)31)10-5-3-2-4-6-10/h2-6,9,12,14H,7-8H2,1H3,(H2,22,24)(H,23,28)(H,30,31)(H,32,33)/b25-15-/t12-,14?/m0/s1. The molecule has 0 radical (unpaired) electrons. The Balaban J connectivity index is 1.61. The van der Waals surface area contributed by atoms with E-state index in [9.17, 15) is 29.4 Å². The zero-order valence-electron chi connectivity index (χ0n) is 18.2. The Morgan fingerprint density at radius 1 is 1.29 bits per heavy atom. The molecular weight excluding hydrogens is 480 g/mol. The Morgan fingerprint density at radius 3 is 2.57 bits per heavy atom.